The maximum atomic E-state index is 13.0. The molecule has 4 rings (SSSR count). The summed E-state index contributed by atoms with van der Waals surface area (Å²) >= 11 is 0. The van der Waals surface area contributed by atoms with E-state index in [1.807, 2.05) is 55.5 Å². The molecule has 35 heavy (non-hydrogen) atoms. The van der Waals surface area contributed by atoms with E-state index in [1.165, 1.54) is 7.11 Å². The van der Waals surface area contributed by atoms with E-state index in [0.717, 1.165) is 11.1 Å². The Morgan fingerprint density at radius 1 is 0.914 bits per heavy atom. The van der Waals surface area contributed by atoms with Crippen molar-refractivity contribution in [2.45, 2.75) is 13.0 Å². The third-order valence-electron chi connectivity index (χ3n) is 5.64. The molecule has 2 N–H and O–H groups in total. The van der Waals surface area contributed by atoms with Crippen LogP contribution in [-0.2, 0) is 9.53 Å². The molecule has 1 heterocycles. The highest BCUT2D eigenvalue weighted by molar-refractivity contribution is 6.04. The molecule has 0 saturated heterocycles. The van der Waals surface area contributed by atoms with Crippen molar-refractivity contribution in [2.24, 2.45) is 0 Å². The number of para-hydroxylation sites is 2. The number of amides is 2. The van der Waals surface area contributed by atoms with E-state index in [4.69, 9.17) is 9.47 Å². The predicted octanol–water partition coefficient (Wildman–Crippen LogP) is 3.13. The van der Waals surface area contributed by atoms with Crippen LogP contribution in [0.1, 0.15) is 26.3 Å². The molecule has 0 radical (unpaired) electrons. The number of rotatable bonds is 7. The minimum absolute atomic E-state index is 0.253. The Morgan fingerprint density at radius 2 is 1.66 bits per heavy atom. The summed E-state index contributed by atoms with van der Waals surface area (Å²) in [6, 6.07) is 19.8. The number of esters is 1. The second kappa shape index (κ2) is 10.7. The second-order valence-corrected chi connectivity index (χ2v) is 8.04. The fraction of sp³-hybridized carbons (Fsp3) is 0.222. The fourth-order valence-electron chi connectivity index (χ4n) is 3.77. The lowest BCUT2D eigenvalue weighted by molar-refractivity contribution is -0.139. The van der Waals surface area contributed by atoms with Crippen molar-refractivity contribution in [3.63, 3.8) is 0 Å². The lowest BCUT2D eigenvalue weighted by Gasteiger charge is -2.26. The van der Waals surface area contributed by atoms with Gasteiger partial charge >= 0.3 is 5.97 Å². The molecule has 3 aromatic rings. The maximum Gasteiger partial charge on any atom is 0.325 e. The van der Waals surface area contributed by atoms with Gasteiger partial charge in [-0.1, -0.05) is 36.4 Å². The van der Waals surface area contributed by atoms with Crippen LogP contribution < -0.4 is 20.1 Å². The zero-order valence-corrected chi connectivity index (χ0v) is 19.5. The number of hydrogen-bond donors (Lipinski definition) is 2. The average Bonchev–Trinajstić information content (AvgIpc) is 2.90. The smallest absolute Gasteiger partial charge is 0.325 e. The number of hydrogen-bond acceptors (Lipinski definition) is 6. The van der Waals surface area contributed by atoms with E-state index in [1.54, 1.807) is 18.2 Å². The molecular weight excluding hydrogens is 448 g/mol. The zero-order chi connectivity index (χ0) is 24.8. The number of nitrogens with one attached hydrogen (secondary N) is 2. The molecule has 0 fully saturated rings. The van der Waals surface area contributed by atoms with Crippen LogP contribution in [0.5, 0.6) is 11.5 Å². The summed E-state index contributed by atoms with van der Waals surface area (Å²) < 4.78 is 16.2. The molecule has 0 aliphatic carbocycles. The van der Waals surface area contributed by atoms with E-state index in [9.17, 15) is 14.4 Å². The summed E-state index contributed by atoms with van der Waals surface area (Å²) in [4.78, 5) is 37.3. The molecule has 8 nitrogen and oxygen atoms in total. The summed E-state index contributed by atoms with van der Waals surface area (Å²) in [6.45, 7) is 2.26. The predicted molar refractivity (Wildman–Crippen MR) is 130 cm³/mol. The molecule has 8 heteroatoms. The Labute approximate surface area is 203 Å². The van der Waals surface area contributed by atoms with Gasteiger partial charge in [-0.25, -0.2) is 0 Å². The fourth-order valence-corrected chi connectivity index (χ4v) is 3.77. The first-order valence-electron chi connectivity index (χ1n) is 11.2. The van der Waals surface area contributed by atoms with Gasteiger partial charge in [0, 0.05) is 11.1 Å². The highest BCUT2D eigenvalue weighted by Gasteiger charge is 2.22. The van der Waals surface area contributed by atoms with Gasteiger partial charge in [0.15, 0.2) is 11.5 Å². The molecule has 0 saturated carbocycles. The average molecular weight is 475 g/mol. The summed E-state index contributed by atoms with van der Waals surface area (Å²) in [6.07, 6.45) is -0.326. The summed E-state index contributed by atoms with van der Waals surface area (Å²) in [5.41, 5.74) is 3.08. The second-order valence-electron chi connectivity index (χ2n) is 8.04. The topological polar surface area (TPSA) is 103 Å². The van der Waals surface area contributed by atoms with E-state index in [0.29, 0.717) is 34.8 Å². The monoisotopic (exact) mass is 474 g/mol. The van der Waals surface area contributed by atoms with Gasteiger partial charge < -0.3 is 24.8 Å². The van der Waals surface area contributed by atoms with E-state index < -0.39 is 11.9 Å². The van der Waals surface area contributed by atoms with Crippen molar-refractivity contribution >= 4 is 17.8 Å². The van der Waals surface area contributed by atoms with Gasteiger partial charge in [0.2, 0.25) is 0 Å². The number of fused-ring (bicyclic) bond motifs is 1. The molecule has 2 amide bonds. The molecule has 0 aromatic heterocycles. The molecule has 0 spiro atoms. The van der Waals surface area contributed by atoms with Crippen molar-refractivity contribution in [2.75, 3.05) is 26.8 Å². The van der Waals surface area contributed by atoms with E-state index in [2.05, 4.69) is 15.4 Å². The maximum absolute atomic E-state index is 13.0. The van der Waals surface area contributed by atoms with Crippen LogP contribution in [0.25, 0.3) is 11.1 Å². The van der Waals surface area contributed by atoms with Crippen molar-refractivity contribution in [3.05, 3.63) is 83.4 Å². The number of ether oxygens (including phenoxy) is 3. The minimum atomic E-state index is -0.552. The Balaban J connectivity index is 1.52. The number of aryl methyl sites for hydroxylation is 1. The van der Waals surface area contributed by atoms with E-state index in [-0.39, 0.29) is 25.1 Å². The molecule has 180 valence electrons. The molecule has 0 bridgehead atoms. The lowest BCUT2D eigenvalue weighted by atomic mass is 9.93. The third-order valence-corrected chi connectivity index (χ3v) is 5.64. The number of benzene rings is 3. The summed E-state index contributed by atoms with van der Waals surface area (Å²) in [5, 5.41) is 5.44. The first-order chi connectivity index (χ1) is 17.0. The number of methoxy groups -OCH3 is 1. The SMILES string of the molecule is COC(=O)CNC(=O)c1ccc(C(=O)NC[C@@H]2COc3ccccc3O2)cc1-c1ccccc1C. The standard InChI is InChI=1S/C27H26N2O6/c1-17-7-3-4-8-20(17)22-13-18(11-12-21(22)27(32)29-15-25(30)33-2)26(31)28-14-19-16-34-23-9-5-6-10-24(23)35-19/h3-13,19H,14-16H2,1-2H3,(H,28,31)(H,29,32)/t19-/m1/s1. The van der Waals surface area contributed by atoms with Crippen LogP contribution in [0, 0.1) is 6.92 Å². The van der Waals surface area contributed by atoms with Gasteiger partial charge in [0.1, 0.15) is 19.3 Å². The minimum Gasteiger partial charge on any atom is -0.486 e. The molecule has 1 atom stereocenters. The normalized spacial score (nSPS) is 14.1. The van der Waals surface area contributed by atoms with Gasteiger partial charge in [-0.3, -0.25) is 14.4 Å². The quantitative estimate of drug-likeness (QED) is 0.510. The van der Waals surface area contributed by atoms with Crippen molar-refractivity contribution in [3.8, 4) is 22.6 Å². The Bertz CT molecular complexity index is 1260. The number of carbonyl (C=O) groups excluding carboxylic acids is 3. The third kappa shape index (κ3) is 5.60. The summed E-state index contributed by atoms with van der Waals surface area (Å²) in [7, 11) is 1.25. The van der Waals surface area contributed by atoms with Crippen molar-refractivity contribution in [1.82, 2.24) is 10.6 Å². The molecule has 1 aliphatic heterocycles. The van der Waals surface area contributed by atoms with E-state index >= 15 is 0 Å². The first-order valence-corrected chi connectivity index (χ1v) is 11.2. The molecule has 1 aliphatic rings. The summed E-state index contributed by atoms with van der Waals surface area (Å²) in [5.74, 6) is 0.0281. The van der Waals surface area contributed by atoms with Crippen LogP contribution in [0.4, 0.5) is 0 Å². The molecule has 0 unspecified atom stereocenters. The van der Waals surface area contributed by atoms with Crippen molar-refractivity contribution in [1.29, 1.82) is 0 Å². The Morgan fingerprint density at radius 3 is 2.43 bits per heavy atom. The van der Waals surface area contributed by atoms with Crippen LogP contribution in [0.2, 0.25) is 0 Å². The zero-order valence-electron chi connectivity index (χ0n) is 19.5. The lowest BCUT2D eigenvalue weighted by Crippen LogP contribution is -2.40. The van der Waals surface area contributed by atoms with Gasteiger partial charge in [-0.2, -0.15) is 0 Å². The molecule has 3 aromatic carbocycles. The van der Waals surface area contributed by atoms with Crippen LogP contribution in [-0.4, -0.2) is 50.7 Å². The highest BCUT2D eigenvalue weighted by Crippen LogP contribution is 2.31. The number of carbonyl (C=O) groups is 3. The van der Waals surface area contributed by atoms with Gasteiger partial charge in [0.25, 0.3) is 11.8 Å². The van der Waals surface area contributed by atoms with Gasteiger partial charge in [-0.05, 0) is 53.9 Å². The van der Waals surface area contributed by atoms with Gasteiger partial charge in [-0.15, -0.1) is 0 Å². The van der Waals surface area contributed by atoms with Gasteiger partial charge in [0.05, 0.1) is 13.7 Å². The van der Waals surface area contributed by atoms with Crippen LogP contribution in [0.3, 0.4) is 0 Å². The largest absolute Gasteiger partial charge is 0.486 e. The van der Waals surface area contributed by atoms with Crippen molar-refractivity contribution < 1.29 is 28.6 Å². The highest BCUT2D eigenvalue weighted by atomic mass is 16.6. The first kappa shape index (κ1) is 23.8. The van der Waals surface area contributed by atoms with Crippen LogP contribution in [0.15, 0.2) is 66.7 Å². The molecular formula is C27H26N2O6. The Hall–Kier alpha value is -4.33. The van der Waals surface area contributed by atoms with Crippen LogP contribution >= 0.6 is 0 Å². The Kier molecular flexibility index (Phi) is 7.30.